The molecule has 2 aliphatic rings. The highest BCUT2D eigenvalue weighted by Crippen LogP contribution is 2.69. The van der Waals surface area contributed by atoms with Crippen molar-refractivity contribution in [3.05, 3.63) is 76.7 Å². The topological polar surface area (TPSA) is 88.0 Å². The largest absolute Gasteiger partial charge is 0.392 e. The third-order valence-corrected chi connectivity index (χ3v) is 7.58. The molecule has 3 atom stereocenters. The molecule has 2 N–H and O–H groups in total. The second-order valence-electron chi connectivity index (χ2n) is 9.82. The minimum atomic E-state index is -0.677. The van der Waals surface area contributed by atoms with Crippen LogP contribution in [0.15, 0.2) is 42.5 Å². The van der Waals surface area contributed by atoms with Gasteiger partial charge in [0.1, 0.15) is 17.3 Å². The molecule has 1 unspecified atom stereocenters. The first-order valence-electron chi connectivity index (χ1n) is 11.4. The molecule has 2 aliphatic carbocycles. The van der Waals surface area contributed by atoms with E-state index in [4.69, 9.17) is 4.98 Å². The van der Waals surface area contributed by atoms with Crippen molar-refractivity contribution >= 4 is 5.91 Å². The fourth-order valence-electron chi connectivity index (χ4n) is 5.89. The standard InChI is InChI=1S/C26H26F2N4O2/c1-14(33)13-29-24(34)19-8-5-9-21(30-19)26-11-10-16(25(26,2)3)15-12-20(31-32-23(15)26)22-17(27)6-4-7-18(22)28/h4-9,12,14,16,33H,10-11,13H2,1-3H3,(H,29,34)/t14?,16-,26-/m1/s1. The lowest BCUT2D eigenvalue weighted by Crippen LogP contribution is -2.38. The van der Waals surface area contributed by atoms with E-state index in [1.807, 2.05) is 6.07 Å². The van der Waals surface area contributed by atoms with E-state index in [0.29, 0.717) is 0 Å². The van der Waals surface area contributed by atoms with Gasteiger partial charge in [0.25, 0.3) is 5.91 Å². The van der Waals surface area contributed by atoms with Gasteiger partial charge in [0.05, 0.1) is 34.2 Å². The highest BCUT2D eigenvalue weighted by molar-refractivity contribution is 5.92. The second kappa shape index (κ2) is 7.91. The van der Waals surface area contributed by atoms with Crippen LogP contribution in [0, 0.1) is 17.0 Å². The van der Waals surface area contributed by atoms with Gasteiger partial charge in [-0.2, -0.15) is 5.10 Å². The zero-order valence-electron chi connectivity index (χ0n) is 19.3. The average molecular weight is 465 g/mol. The summed E-state index contributed by atoms with van der Waals surface area (Å²) in [6, 6.07) is 10.8. The summed E-state index contributed by atoms with van der Waals surface area (Å²) >= 11 is 0. The molecule has 1 saturated carbocycles. The lowest BCUT2D eigenvalue weighted by Gasteiger charge is -2.37. The minimum absolute atomic E-state index is 0.112. The second-order valence-corrected chi connectivity index (χ2v) is 9.82. The number of carbonyl (C=O) groups is 1. The maximum atomic E-state index is 14.4. The Morgan fingerprint density at radius 1 is 1.18 bits per heavy atom. The Morgan fingerprint density at radius 3 is 2.59 bits per heavy atom. The molecule has 3 aromatic rings. The Morgan fingerprint density at radius 2 is 1.88 bits per heavy atom. The van der Waals surface area contributed by atoms with Crippen LogP contribution in [0.25, 0.3) is 11.3 Å². The lowest BCUT2D eigenvalue weighted by atomic mass is 9.66. The fraction of sp³-hybridized carbons (Fsp3) is 0.385. The molecule has 2 bridgehead atoms. The number of hydrogen-bond acceptors (Lipinski definition) is 5. The molecule has 0 saturated heterocycles. The van der Waals surface area contributed by atoms with Crippen LogP contribution in [0.2, 0.25) is 0 Å². The number of amides is 1. The SMILES string of the molecule is CC(O)CNC(=O)c1cccc([C@]23CC[C@H](c4cc(-c5c(F)cccc5F)nnc42)C3(C)C)n1. The molecule has 34 heavy (non-hydrogen) atoms. The third kappa shape index (κ3) is 3.15. The van der Waals surface area contributed by atoms with Gasteiger partial charge in [0.2, 0.25) is 0 Å². The van der Waals surface area contributed by atoms with Gasteiger partial charge in [-0.1, -0.05) is 26.0 Å². The number of nitrogens with one attached hydrogen (secondary N) is 1. The van der Waals surface area contributed by atoms with Crippen LogP contribution in [-0.2, 0) is 5.41 Å². The van der Waals surface area contributed by atoms with E-state index >= 15 is 0 Å². The number of fused-ring (bicyclic) bond motifs is 5. The van der Waals surface area contributed by atoms with Gasteiger partial charge in [-0.25, -0.2) is 13.8 Å². The maximum absolute atomic E-state index is 14.4. The third-order valence-electron chi connectivity index (χ3n) is 7.58. The molecule has 176 valence electrons. The van der Waals surface area contributed by atoms with Crippen molar-refractivity contribution in [3.63, 3.8) is 0 Å². The van der Waals surface area contributed by atoms with Crippen molar-refractivity contribution in [2.45, 2.75) is 51.0 Å². The summed E-state index contributed by atoms with van der Waals surface area (Å²) in [4.78, 5) is 17.3. The average Bonchev–Trinajstić information content (AvgIpc) is 3.18. The highest BCUT2D eigenvalue weighted by Gasteiger charge is 2.65. The summed E-state index contributed by atoms with van der Waals surface area (Å²) in [5.41, 5.74) is 1.79. The van der Waals surface area contributed by atoms with Crippen LogP contribution >= 0.6 is 0 Å². The van der Waals surface area contributed by atoms with Gasteiger partial charge >= 0.3 is 0 Å². The summed E-state index contributed by atoms with van der Waals surface area (Å²) in [7, 11) is 0. The summed E-state index contributed by atoms with van der Waals surface area (Å²) in [6.45, 7) is 6.03. The predicted molar refractivity (Wildman–Crippen MR) is 122 cm³/mol. The molecular formula is C26H26F2N4O2. The number of aliphatic hydroxyl groups excluding tert-OH is 1. The molecule has 1 aromatic carbocycles. The summed E-state index contributed by atoms with van der Waals surface area (Å²) in [6.07, 6.45) is 0.988. The number of pyridine rings is 1. The van der Waals surface area contributed by atoms with E-state index in [2.05, 4.69) is 29.4 Å². The molecule has 8 heteroatoms. The minimum Gasteiger partial charge on any atom is -0.392 e. The van der Waals surface area contributed by atoms with Crippen molar-refractivity contribution in [2.75, 3.05) is 6.54 Å². The van der Waals surface area contributed by atoms with E-state index in [0.717, 1.165) is 29.8 Å². The first kappa shape index (κ1) is 22.5. The molecule has 2 aromatic heterocycles. The van der Waals surface area contributed by atoms with Crippen LogP contribution in [0.1, 0.15) is 67.0 Å². The number of rotatable bonds is 5. The molecular weight excluding hydrogens is 438 g/mol. The van der Waals surface area contributed by atoms with E-state index in [-0.39, 0.29) is 40.7 Å². The molecule has 0 aliphatic heterocycles. The number of benzene rings is 1. The van der Waals surface area contributed by atoms with Crippen molar-refractivity contribution in [1.29, 1.82) is 0 Å². The number of carbonyl (C=O) groups excluding carboxylic acids is 1. The Bertz CT molecular complexity index is 1270. The predicted octanol–water partition coefficient (Wildman–Crippen LogP) is 4.13. The Kier molecular flexibility index (Phi) is 5.24. The Balaban J connectivity index is 1.61. The zero-order valence-corrected chi connectivity index (χ0v) is 19.3. The number of aromatic nitrogens is 3. The van der Waals surface area contributed by atoms with Crippen molar-refractivity contribution in [2.24, 2.45) is 5.41 Å². The Labute approximate surface area is 196 Å². The molecule has 2 heterocycles. The van der Waals surface area contributed by atoms with Crippen LogP contribution in [-0.4, -0.2) is 38.8 Å². The van der Waals surface area contributed by atoms with Crippen molar-refractivity contribution < 1.29 is 18.7 Å². The smallest absolute Gasteiger partial charge is 0.269 e. The maximum Gasteiger partial charge on any atom is 0.269 e. The zero-order chi connectivity index (χ0) is 24.3. The van der Waals surface area contributed by atoms with Gasteiger partial charge in [-0.3, -0.25) is 4.79 Å². The van der Waals surface area contributed by atoms with E-state index in [9.17, 15) is 18.7 Å². The van der Waals surface area contributed by atoms with Crippen LogP contribution in [0.4, 0.5) is 8.78 Å². The lowest BCUT2D eigenvalue weighted by molar-refractivity contribution is 0.0918. The molecule has 6 nitrogen and oxygen atoms in total. The van der Waals surface area contributed by atoms with Crippen LogP contribution in [0.3, 0.4) is 0 Å². The van der Waals surface area contributed by atoms with Gasteiger partial charge in [-0.15, -0.1) is 5.10 Å². The monoisotopic (exact) mass is 464 g/mol. The first-order valence-corrected chi connectivity index (χ1v) is 11.4. The normalized spacial score (nSPS) is 22.9. The van der Waals surface area contributed by atoms with Crippen molar-refractivity contribution in [3.8, 4) is 11.3 Å². The summed E-state index contributed by atoms with van der Waals surface area (Å²) in [5, 5.41) is 20.9. The van der Waals surface area contributed by atoms with E-state index < -0.39 is 23.2 Å². The number of hydrogen-bond donors (Lipinski definition) is 2. The fourth-order valence-corrected chi connectivity index (χ4v) is 5.89. The van der Waals surface area contributed by atoms with Crippen molar-refractivity contribution in [1.82, 2.24) is 20.5 Å². The highest BCUT2D eigenvalue weighted by atomic mass is 19.1. The molecule has 1 amide bonds. The molecule has 1 fully saturated rings. The van der Waals surface area contributed by atoms with Gasteiger partial charge in [0.15, 0.2) is 0 Å². The quantitative estimate of drug-likeness (QED) is 0.593. The summed E-state index contributed by atoms with van der Waals surface area (Å²) < 4.78 is 28.9. The first-order chi connectivity index (χ1) is 16.2. The number of aliphatic hydroxyl groups is 1. The number of nitrogens with zero attached hydrogens (tertiary/aromatic N) is 3. The Hall–Kier alpha value is -3.26. The van der Waals surface area contributed by atoms with Crippen LogP contribution in [0.5, 0.6) is 0 Å². The van der Waals surface area contributed by atoms with Gasteiger partial charge in [0, 0.05) is 6.54 Å². The van der Waals surface area contributed by atoms with Gasteiger partial charge < -0.3 is 10.4 Å². The molecule has 0 radical (unpaired) electrons. The summed E-state index contributed by atoms with van der Waals surface area (Å²) in [5.74, 6) is -1.60. The van der Waals surface area contributed by atoms with E-state index in [1.165, 1.54) is 18.2 Å². The van der Waals surface area contributed by atoms with Gasteiger partial charge in [-0.05, 0) is 67.0 Å². The molecule has 5 rings (SSSR count). The number of halogens is 2. The van der Waals surface area contributed by atoms with Crippen LogP contribution < -0.4 is 5.32 Å². The molecule has 0 spiro atoms. The van der Waals surface area contributed by atoms with E-state index in [1.54, 1.807) is 25.1 Å².